The Labute approximate surface area is 153 Å². The number of nitrogens with zero attached hydrogens (tertiary/aromatic N) is 3. The second-order valence-corrected chi connectivity index (χ2v) is 6.87. The minimum atomic E-state index is -0.902. The first-order valence-corrected chi connectivity index (χ1v) is 8.73. The molecule has 7 nitrogen and oxygen atoms in total. The van der Waals surface area contributed by atoms with Gasteiger partial charge in [-0.2, -0.15) is 9.78 Å². The van der Waals surface area contributed by atoms with E-state index >= 15 is 0 Å². The predicted molar refractivity (Wildman–Crippen MR) is 101 cm³/mol. The van der Waals surface area contributed by atoms with E-state index in [-0.39, 0.29) is 18.6 Å². The second-order valence-electron chi connectivity index (χ2n) is 5.66. The number of hydrogen-bond donors (Lipinski definition) is 1. The smallest absolute Gasteiger partial charge is 0.306 e. The maximum Gasteiger partial charge on any atom is 0.306 e. The number of aliphatic carboxylic acids is 1. The number of hydrogen-bond acceptors (Lipinski definition) is 6. The van der Waals surface area contributed by atoms with Crippen LogP contribution in [0.15, 0.2) is 40.5 Å². The number of ether oxygens (including phenoxy) is 1. The zero-order valence-electron chi connectivity index (χ0n) is 14.3. The number of rotatable bonds is 6. The summed E-state index contributed by atoms with van der Waals surface area (Å²) >= 11 is 1.50. The van der Waals surface area contributed by atoms with Crippen LogP contribution in [0.2, 0.25) is 0 Å². The van der Waals surface area contributed by atoms with Crippen LogP contribution in [0, 0.1) is 13.8 Å². The van der Waals surface area contributed by atoms with Gasteiger partial charge in [0.25, 0.3) is 5.56 Å². The van der Waals surface area contributed by atoms with Gasteiger partial charge in [0.1, 0.15) is 16.9 Å². The normalized spacial score (nSPS) is 11.3. The van der Waals surface area contributed by atoms with E-state index < -0.39 is 5.97 Å². The highest BCUT2D eigenvalue weighted by Gasteiger charge is 2.11. The molecule has 3 rings (SSSR count). The van der Waals surface area contributed by atoms with Gasteiger partial charge in [0, 0.05) is 4.88 Å². The molecule has 0 radical (unpaired) electrons. The molecule has 26 heavy (non-hydrogen) atoms. The second kappa shape index (κ2) is 7.49. The molecule has 134 valence electrons. The molecular formula is C18H17N3O4S. The molecular weight excluding hydrogens is 354 g/mol. The van der Waals surface area contributed by atoms with Crippen molar-refractivity contribution in [3.05, 3.63) is 57.0 Å². The van der Waals surface area contributed by atoms with Crippen molar-refractivity contribution in [1.82, 2.24) is 9.66 Å². The lowest BCUT2D eigenvalue weighted by Crippen LogP contribution is -2.16. The van der Waals surface area contributed by atoms with Crippen molar-refractivity contribution in [3.63, 3.8) is 0 Å². The lowest BCUT2D eigenvalue weighted by molar-refractivity contribution is -0.137. The molecule has 0 saturated carbocycles. The van der Waals surface area contributed by atoms with Crippen LogP contribution in [-0.2, 0) is 4.79 Å². The third-order valence-electron chi connectivity index (χ3n) is 3.87. The molecule has 0 aliphatic rings. The molecule has 0 unspecified atom stereocenters. The highest BCUT2D eigenvalue weighted by molar-refractivity contribution is 7.18. The van der Waals surface area contributed by atoms with Gasteiger partial charge in [0.15, 0.2) is 0 Å². The fraction of sp³-hybridized carbons (Fsp3) is 0.222. The van der Waals surface area contributed by atoms with Crippen LogP contribution in [0.5, 0.6) is 5.75 Å². The first-order valence-electron chi connectivity index (χ1n) is 7.92. The molecule has 3 aromatic rings. The average Bonchev–Trinajstić information content (AvgIpc) is 2.90. The van der Waals surface area contributed by atoms with Crippen LogP contribution in [0.4, 0.5) is 0 Å². The van der Waals surface area contributed by atoms with Crippen LogP contribution >= 0.6 is 11.3 Å². The van der Waals surface area contributed by atoms with E-state index in [1.54, 1.807) is 30.5 Å². The number of carbonyl (C=O) groups is 1. The highest BCUT2D eigenvalue weighted by Crippen LogP contribution is 2.25. The summed E-state index contributed by atoms with van der Waals surface area (Å²) in [6.07, 6.45) is 2.92. The Hall–Kier alpha value is -3.00. The Morgan fingerprint density at radius 1 is 1.35 bits per heavy atom. The molecule has 0 aliphatic carbocycles. The van der Waals surface area contributed by atoms with Crippen LogP contribution in [0.1, 0.15) is 22.4 Å². The van der Waals surface area contributed by atoms with Crippen molar-refractivity contribution in [2.45, 2.75) is 20.3 Å². The van der Waals surface area contributed by atoms with E-state index in [0.717, 1.165) is 20.8 Å². The number of carboxylic acid groups (broad SMARTS) is 1. The van der Waals surface area contributed by atoms with E-state index in [1.807, 2.05) is 13.8 Å². The summed E-state index contributed by atoms with van der Waals surface area (Å²) in [5.74, 6) is -0.325. The number of aryl methyl sites for hydroxylation is 2. The summed E-state index contributed by atoms with van der Waals surface area (Å²) in [5, 5.41) is 13.4. The summed E-state index contributed by atoms with van der Waals surface area (Å²) in [6.45, 7) is 3.99. The summed E-state index contributed by atoms with van der Waals surface area (Å²) in [5.41, 5.74) is 1.53. The van der Waals surface area contributed by atoms with Gasteiger partial charge in [-0.1, -0.05) is 0 Å². The topological polar surface area (TPSA) is 93.8 Å². The van der Waals surface area contributed by atoms with Gasteiger partial charge in [-0.15, -0.1) is 11.3 Å². The van der Waals surface area contributed by atoms with Gasteiger partial charge in [-0.05, 0) is 49.2 Å². The van der Waals surface area contributed by atoms with E-state index in [1.165, 1.54) is 22.3 Å². The first kappa shape index (κ1) is 17.8. The fourth-order valence-electron chi connectivity index (χ4n) is 2.34. The van der Waals surface area contributed by atoms with Gasteiger partial charge in [-0.25, -0.2) is 4.98 Å². The molecule has 0 fully saturated rings. The van der Waals surface area contributed by atoms with Gasteiger partial charge >= 0.3 is 5.97 Å². The molecule has 0 aliphatic heterocycles. The Morgan fingerprint density at radius 3 is 2.77 bits per heavy atom. The summed E-state index contributed by atoms with van der Waals surface area (Å²) in [4.78, 5) is 29.1. The molecule has 0 spiro atoms. The summed E-state index contributed by atoms with van der Waals surface area (Å²) in [6, 6.07) is 6.99. The zero-order valence-corrected chi connectivity index (χ0v) is 15.1. The van der Waals surface area contributed by atoms with Crippen LogP contribution < -0.4 is 10.3 Å². The minimum absolute atomic E-state index is 0.0525. The fourth-order valence-corrected chi connectivity index (χ4v) is 3.33. The van der Waals surface area contributed by atoms with Crippen molar-refractivity contribution in [1.29, 1.82) is 0 Å². The first-order chi connectivity index (χ1) is 12.5. The van der Waals surface area contributed by atoms with Crippen LogP contribution in [-0.4, -0.2) is 33.6 Å². The zero-order chi connectivity index (χ0) is 18.7. The van der Waals surface area contributed by atoms with Crippen molar-refractivity contribution < 1.29 is 14.6 Å². The molecule has 0 bridgehead atoms. The predicted octanol–water partition coefficient (Wildman–Crippen LogP) is 2.81. The maximum atomic E-state index is 12.6. The Bertz CT molecular complexity index is 1040. The quantitative estimate of drug-likeness (QED) is 0.673. The number of benzene rings is 1. The largest absolute Gasteiger partial charge is 0.493 e. The van der Waals surface area contributed by atoms with Crippen molar-refractivity contribution in [3.8, 4) is 5.75 Å². The van der Waals surface area contributed by atoms with E-state index in [9.17, 15) is 9.59 Å². The molecule has 2 heterocycles. The molecule has 8 heteroatoms. The van der Waals surface area contributed by atoms with E-state index in [4.69, 9.17) is 9.84 Å². The van der Waals surface area contributed by atoms with Crippen LogP contribution in [0.25, 0.3) is 10.2 Å². The monoisotopic (exact) mass is 371 g/mol. The SMILES string of the molecule is Cc1sc2ncn(N=Cc3ccc(OCCC(=O)O)cc3)c(=O)c2c1C. The molecule has 2 aromatic heterocycles. The number of thiophene rings is 1. The third kappa shape index (κ3) is 3.80. The molecule has 1 N–H and O–H groups in total. The molecule has 0 saturated heterocycles. The number of fused-ring (bicyclic) bond motifs is 1. The lowest BCUT2D eigenvalue weighted by atomic mass is 10.2. The van der Waals surface area contributed by atoms with Gasteiger partial charge in [0.2, 0.25) is 0 Å². The average molecular weight is 371 g/mol. The Balaban J connectivity index is 1.76. The van der Waals surface area contributed by atoms with Crippen molar-refractivity contribution in [2.24, 2.45) is 5.10 Å². The molecule has 0 atom stereocenters. The Morgan fingerprint density at radius 2 is 2.08 bits per heavy atom. The van der Waals surface area contributed by atoms with Crippen LogP contribution in [0.3, 0.4) is 0 Å². The lowest BCUT2D eigenvalue weighted by Gasteiger charge is -2.04. The minimum Gasteiger partial charge on any atom is -0.493 e. The standard InChI is InChI=1S/C18H17N3O4S/c1-11-12(2)26-17-16(11)18(24)21(10-19-17)20-9-13-3-5-14(6-4-13)25-8-7-15(22)23/h3-6,9-10H,7-8H2,1-2H3,(H,22,23). The highest BCUT2D eigenvalue weighted by atomic mass is 32.1. The van der Waals surface area contributed by atoms with Gasteiger partial charge in [0.05, 0.1) is 24.6 Å². The maximum absolute atomic E-state index is 12.6. The summed E-state index contributed by atoms with van der Waals surface area (Å²) in [7, 11) is 0. The van der Waals surface area contributed by atoms with Gasteiger partial charge < -0.3 is 9.84 Å². The molecule has 1 aromatic carbocycles. The third-order valence-corrected chi connectivity index (χ3v) is 4.98. The van der Waals surface area contributed by atoms with E-state index in [0.29, 0.717) is 11.1 Å². The van der Waals surface area contributed by atoms with E-state index in [2.05, 4.69) is 10.1 Å². The number of carboxylic acids is 1. The van der Waals surface area contributed by atoms with Crippen molar-refractivity contribution in [2.75, 3.05) is 6.61 Å². The number of aromatic nitrogens is 2. The Kier molecular flexibility index (Phi) is 5.13. The van der Waals surface area contributed by atoms with Gasteiger partial charge in [-0.3, -0.25) is 9.59 Å². The summed E-state index contributed by atoms with van der Waals surface area (Å²) < 4.78 is 6.55. The van der Waals surface area contributed by atoms with Crippen molar-refractivity contribution >= 4 is 33.7 Å². The molecule has 0 amide bonds.